The highest BCUT2D eigenvalue weighted by Gasteiger charge is 2.09. The van der Waals surface area contributed by atoms with E-state index >= 15 is 0 Å². The molecule has 0 aliphatic heterocycles. The zero-order valence-electron chi connectivity index (χ0n) is 7.46. The Kier molecular flexibility index (Phi) is 0.892. The summed E-state index contributed by atoms with van der Waals surface area (Å²) in [5, 5.41) is 5.28. The molecule has 14 heavy (non-hydrogen) atoms. The third-order valence-electron chi connectivity index (χ3n) is 2.99. The van der Waals surface area contributed by atoms with E-state index in [1.165, 1.54) is 32.6 Å². The summed E-state index contributed by atoms with van der Waals surface area (Å²) in [4.78, 5) is 6.58. The minimum Gasteiger partial charge on any atom is -0.361 e. The minimum absolute atomic E-state index is 1.22. The number of aromatic amines is 2. The van der Waals surface area contributed by atoms with E-state index in [0.717, 1.165) is 0 Å². The molecule has 66 valence electrons. The lowest BCUT2D eigenvalue weighted by Crippen LogP contribution is -1.72. The van der Waals surface area contributed by atoms with Gasteiger partial charge >= 0.3 is 0 Å². The summed E-state index contributed by atoms with van der Waals surface area (Å²) in [6.07, 6.45) is 4.13. The van der Waals surface area contributed by atoms with Gasteiger partial charge in [0.05, 0.1) is 0 Å². The van der Waals surface area contributed by atoms with Crippen LogP contribution in [0.5, 0.6) is 0 Å². The molecule has 0 atom stereocenters. The van der Waals surface area contributed by atoms with Crippen LogP contribution in [0, 0.1) is 0 Å². The molecule has 2 nitrogen and oxygen atoms in total. The molecule has 0 radical (unpaired) electrons. The second kappa shape index (κ2) is 1.93. The smallest absolute Gasteiger partial charge is 0.0468 e. The Morgan fingerprint density at radius 1 is 0.643 bits per heavy atom. The van der Waals surface area contributed by atoms with E-state index in [0.29, 0.717) is 0 Å². The standard InChI is InChI=1S/C12H8N2/c1-2-8-6-14-10-4-3-9-11(12(8)10)7(1)5-13-9/h1-6,13-14H. The molecule has 0 fully saturated rings. The van der Waals surface area contributed by atoms with E-state index in [2.05, 4.69) is 46.6 Å². The number of H-pyrrole nitrogens is 2. The van der Waals surface area contributed by atoms with Crippen LogP contribution in [-0.4, -0.2) is 9.97 Å². The van der Waals surface area contributed by atoms with E-state index < -0.39 is 0 Å². The molecule has 0 amide bonds. The van der Waals surface area contributed by atoms with Crippen molar-refractivity contribution < 1.29 is 0 Å². The van der Waals surface area contributed by atoms with Crippen molar-refractivity contribution in [2.24, 2.45) is 0 Å². The zero-order chi connectivity index (χ0) is 9.12. The van der Waals surface area contributed by atoms with Crippen LogP contribution >= 0.6 is 0 Å². The largest absolute Gasteiger partial charge is 0.361 e. The summed E-state index contributed by atoms with van der Waals surface area (Å²) in [5.74, 6) is 0. The monoisotopic (exact) mass is 180 g/mol. The Bertz CT molecular complexity index is 607. The van der Waals surface area contributed by atoms with Gasteiger partial charge in [0.2, 0.25) is 0 Å². The fourth-order valence-electron chi connectivity index (χ4n) is 2.34. The number of nitrogens with one attached hydrogen (secondary N) is 2. The second-order valence-corrected chi connectivity index (χ2v) is 3.73. The molecular formula is C12H8N2. The quantitative estimate of drug-likeness (QED) is 0.416. The molecule has 2 aromatic carbocycles. The summed E-state index contributed by atoms with van der Waals surface area (Å²) in [6.45, 7) is 0. The van der Waals surface area contributed by atoms with Gasteiger partial charge in [-0.3, -0.25) is 0 Å². The normalized spacial score (nSPS) is 12.3. The highest BCUT2D eigenvalue weighted by Crippen LogP contribution is 2.33. The number of benzene rings is 2. The molecule has 0 aliphatic carbocycles. The Morgan fingerprint density at radius 3 is 1.64 bits per heavy atom. The minimum atomic E-state index is 1.22. The highest BCUT2D eigenvalue weighted by molar-refractivity contribution is 6.22. The van der Waals surface area contributed by atoms with Gasteiger partial charge in [0.25, 0.3) is 0 Å². The lowest BCUT2D eigenvalue weighted by molar-refractivity contribution is 1.47. The summed E-state index contributed by atoms with van der Waals surface area (Å²) < 4.78 is 0. The van der Waals surface area contributed by atoms with Gasteiger partial charge in [-0.2, -0.15) is 0 Å². The van der Waals surface area contributed by atoms with E-state index in [4.69, 9.17) is 0 Å². The van der Waals surface area contributed by atoms with Crippen LogP contribution < -0.4 is 0 Å². The van der Waals surface area contributed by atoms with Crippen molar-refractivity contribution in [3.8, 4) is 0 Å². The van der Waals surface area contributed by atoms with Crippen molar-refractivity contribution in [2.45, 2.75) is 0 Å². The fourth-order valence-corrected chi connectivity index (χ4v) is 2.34. The van der Waals surface area contributed by atoms with Crippen molar-refractivity contribution in [1.29, 1.82) is 0 Å². The topological polar surface area (TPSA) is 31.6 Å². The molecular weight excluding hydrogens is 172 g/mol. The number of aromatic nitrogens is 2. The van der Waals surface area contributed by atoms with Gasteiger partial charge in [-0.15, -0.1) is 0 Å². The van der Waals surface area contributed by atoms with Crippen LogP contribution in [0.1, 0.15) is 0 Å². The maximum Gasteiger partial charge on any atom is 0.0468 e. The van der Waals surface area contributed by atoms with Gasteiger partial charge in [0, 0.05) is 45.0 Å². The Labute approximate surface area is 79.9 Å². The summed E-state index contributed by atoms with van der Waals surface area (Å²) in [6, 6.07) is 8.57. The number of hydrogen-bond acceptors (Lipinski definition) is 0. The van der Waals surface area contributed by atoms with Crippen LogP contribution in [0.25, 0.3) is 32.6 Å². The Hall–Kier alpha value is -1.96. The first-order valence-corrected chi connectivity index (χ1v) is 4.73. The van der Waals surface area contributed by atoms with E-state index in [1.54, 1.807) is 0 Å². The Morgan fingerprint density at radius 2 is 1.14 bits per heavy atom. The van der Waals surface area contributed by atoms with Gasteiger partial charge in [0.1, 0.15) is 0 Å². The molecule has 0 saturated heterocycles. The molecule has 2 N–H and O–H groups in total. The van der Waals surface area contributed by atoms with E-state index in [1.807, 2.05) is 0 Å². The predicted octanol–water partition coefficient (Wildman–Crippen LogP) is 3.24. The third kappa shape index (κ3) is 0.567. The maximum atomic E-state index is 3.29. The molecule has 0 aliphatic rings. The average Bonchev–Trinajstić information content (AvgIpc) is 2.77. The summed E-state index contributed by atoms with van der Waals surface area (Å²) in [5.41, 5.74) is 2.44. The van der Waals surface area contributed by atoms with Crippen molar-refractivity contribution in [3.05, 3.63) is 36.7 Å². The zero-order valence-corrected chi connectivity index (χ0v) is 7.46. The second-order valence-electron chi connectivity index (χ2n) is 3.73. The third-order valence-corrected chi connectivity index (χ3v) is 2.99. The number of rotatable bonds is 0. The van der Waals surface area contributed by atoms with Crippen molar-refractivity contribution in [1.82, 2.24) is 9.97 Å². The first kappa shape index (κ1) is 6.49. The van der Waals surface area contributed by atoms with Gasteiger partial charge < -0.3 is 9.97 Å². The molecule has 0 bridgehead atoms. The van der Waals surface area contributed by atoms with Crippen molar-refractivity contribution >= 4 is 32.6 Å². The van der Waals surface area contributed by atoms with E-state index in [-0.39, 0.29) is 0 Å². The summed E-state index contributed by atoms with van der Waals surface area (Å²) in [7, 11) is 0. The Balaban J connectivity index is 2.59. The van der Waals surface area contributed by atoms with Crippen LogP contribution in [0.4, 0.5) is 0 Å². The molecule has 2 heterocycles. The van der Waals surface area contributed by atoms with Gasteiger partial charge in [0.15, 0.2) is 0 Å². The average molecular weight is 180 g/mol. The fraction of sp³-hybridized carbons (Fsp3) is 0. The van der Waals surface area contributed by atoms with Gasteiger partial charge in [-0.05, 0) is 12.1 Å². The molecule has 0 saturated carbocycles. The molecule has 0 spiro atoms. The molecule has 2 heteroatoms. The first-order valence-electron chi connectivity index (χ1n) is 4.73. The first-order chi connectivity index (χ1) is 6.93. The number of hydrogen-bond donors (Lipinski definition) is 2. The molecule has 4 rings (SSSR count). The molecule has 4 aromatic rings. The van der Waals surface area contributed by atoms with Crippen molar-refractivity contribution in [3.63, 3.8) is 0 Å². The summed E-state index contributed by atoms with van der Waals surface area (Å²) >= 11 is 0. The highest BCUT2D eigenvalue weighted by atomic mass is 14.7. The lowest BCUT2D eigenvalue weighted by atomic mass is 10.1. The van der Waals surface area contributed by atoms with Crippen LogP contribution in [0.15, 0.2) is 36.7 Å². The van der Waals surface area contributed by atoms with E-state index in [9.17, 15) is 0 Å². The van der Waals surface area contributed by atoms with Crippen molar-refractivity contribution in [2.75, 3.05) is 0 Å². The molecule has 2 aromatic heterocycles. The van der Waals surface area contributed by atoms with Gasteiger partial charge in [-0.1, -0.05) is 12.1 Å². The molecule has 0 unspecified atom stereocenters. The SMILES string of the molecule is c1cc2c[nH]c3ccc4[nH]cc1c4c23. The van der Waals surface area contributed by atoms with Gasteiger partial charge in [-0.25, -0.2) is 0 Å². The van der Waals surface area contributed by atoms with Crippen LogP contribution in [0.3, 0.4) is 0 Å². The maximum absolute atomic E-state index is 3.29. The van der Waals surface area contributed by atoms with Crippen LogP contribution in [-0.2, 0) is 0 Å². The van der Waals surface area contributed by atoms with Crippen LogP contribution in [0.2, 0.25) is 0 Å². The lowest BCUT2D eigenvalue weighted by Gasteiger charge is -1.97. The predicted molar refractivity (Wildman–Crippen MR) is 58.8 cm³/mol.